The first-order valence-corrected chi connectivity index (χ1v) is 7.44. The smallest absolute Gasteiger partial charge is 0.264 e. The highest BCUT2D eigenvalue weighted by Gasteiger charge is 2.38. The summed E-state index contributed by atoms with van der Waals surface area (Å²) >= 11 is 0. The zero-order chi connectivity index (χ0) is 13.6. The van der Waals surface area contributed by atoms with Crippen LogP contribution in [0.3, 0.4) is 0 Å². The SMILES string of the molecule is C=C1CC(C)(C)CN1S(=O)(=O)c1ccc(C)cc1. The van der Waals surface area contributed by atoms with Gasteiger partial charge in [-0.3, -0.25) is 4.31 Å². The molecular weight excluding hydrogens is 246 g/mol. The Hall–Kier alpha value is -1.29. The second kappa shape index (κ2) is 4.12. The molecule has 1 aliphatic heterocycles. The first kappa shape index (κ1) is 13.1. The highest BCUT2D eigenvalue weighted by atomic mass is 32.2. The Morgan fingerprint density at radius 1 is 1.22 bits per heavy atom. The summed E-state index contributed by atoms with van der Waals surface area (Å²) in [5, 5.41) is 0. The minimum absolute atomic E-state index is 0.0329. The van der Waals surface area contributed by atoms with Crippen LogP contribution in [0, 0.1) is 12.3 Å². The molecule has 0 aromatic heterocycles. The fraction of sp³-hybridized carbons (Fsp3) is 0.429. The summed E-state index contributed by atoms with van der Waals surface area (Å²) in [5.74, 6) is 0. The molecule has 18 heavy (non-hydrogen) atoms. The van der Waals surface area contributed by atoms with Gasteiger partial charge in [0.2, 0.25) is 0 Å². The van der Waals surface area contributed by atoms with Crippen LogP contribution < -0.4 is 0 Å². The lowest BCUT2D eigenvalue weighted by molar-refractivity contribution is 0.376. The van der Waals surface area contributed by atoms with Crippen LogP contribution in [-0.4, -0.2) is 19.3 Å². The van der Waals surface area contributed by atoms with Crippen LogP contribution in [-0.2, 0) is 10.0 Å². The summed E-state index contributed by atoms with van der Waals surface area (Å²) in [6.07, 6.45) is 0.720. The first-order chi connectivity index (χ1) is 8.22. The predicted octanol–water partition coefficient (Wildman–Crippen LogP) is 2.93. The first-order valence-electron chi connectivity index (χ1n) is 6.00. The maximum atomic E-state index is 12.5. The van der Waals surface area contributed by atoms with E-state index in [1.165, 1.54) is 4.31 Å². The lowest BCUT2D eigenvalue weighted by Crippen LogP contribution is -2.29. The summed E-state index contributed by atoms with van der Waals surface area (Å²) in [6, 6.07) is 6.94. The van der Waals surface area contributed by atoms with Gasteiger partial charge in [-0.15, -0.1) is 0 Å². The molecule has 0 aliphatic carbocycles. The van der Waals surface area contributed by atoms with Crippen molar-refractivity contribution >= 4 is 10.0 Å². The normalized spacial score (nSPS) is 19.3. The van der Waals surface area contributed by atoms with Gasteiger partial charge < -0.3 is 0 Å². The van der Waals surface area contributed by atoms with Crippen molar-refractivity contribution in [2.75, 3.05) is 6.54 Å². The number of sulfonamides is 1. The molecule has 1 aliphatic rings. The number of hydrogen-bond donors (Lipinski definition) is 0. The van der Waals surface area contributed by atoms with Crippen LogP contribution in [0.5, 0.6) is 0 Å². The highest BCUT2D eigenvalue weighted by molar-refractivity contribution is 7.89. The molecule has 1 fully saturated rings. The number of allylic oxidation sites excluding steroid dienone is 1. The monoisotopic (exact) mass is 265 g/mol. The summed E-state index contributed by atoms with van der Waals surface area (Å²) in [4.78, 5) is 0.340. The van der Waals surface area contributed by atoms with E-state index < -0.39 is 10.0 Å². The average molecular weight is 265 g/mol. The van der Waals surface area contributed by atoms with E-state index in [0.717, 1.165) is 12.0 Å². The number of benzene rings is 1. The van der Waals surface area contributed by atoms with Crippen molar-refractivity contribution in [1.82, 2.24) is 4.31 Å². The Balaban J connectivity index is 2.38. The molecule has 1 heterocycles. The Morgan fingerprint density at radius 3 is 2.22 bits per heavy atom. The van der Waals surface area contributed by atoms with Gasteiger partial charge in [0, 0.05) is 12.2 Å². The lowest BCUT2D eigenvalue weighted by atomic mass is 9.92. The molecule has 3 nitrogen and oxygen atoms in total. The van der Waals surface area contributed by atoms with Crippen molar-refractivity contribution in [3.63, 3.8) is 0 Å². The fourth-order valence-electron chi connectivity index (χ4n) is 2.29. The molecule has 0 unspecified atom stereocenters. The molecule has 0 saturated carbocycles. The van der Waals surface area contributed by atoms with Crippen LogP contribution in [0.2, 0.25) is 0 Å². The molecule has 1 saturated heterocycles. The Bertz CT molecular complexity index is 570. The molecule has 1 aromatic carbocycles. The Kier molecular flexibility index (Phi) is 3.01. The van der Waals surface area contributed by atoms with Crippen LogP contribution in [0.4, 0.5) is 0 Å². The van der Waals surface area contributed by atoms with Crippen LogP contribution in [0.1, 0.15) is 25.8 Å². The highest BCUT2D eigenvalue weighted by Crippen LogP contribution is 2.38. The third kappa shape index (κ3) is 2.29. The predicted molar refractivity (Wildman–Crippen MR) is 72.6 cm³/mol. The van der Waals surface area contributed by atoms with Crippen molar-refractivity contribution < 1.29 is 8.42 Å². The molecule has 0 bridgehead atoms. The van der Waals surface area contributed by atoms with E-state index in [-0.39, 0.29) is 5.41 Å². The quantitative estimate of drug-likeness (QED) is 0.824. The Morgan fingerprint density at radius 2 is 1.78 bits per heavy atom. The average Bonchev–Trinajstić information content (AvgIpc) is 2.53. The zero-order valence-corrected chi connectivity index (χ0v) is 11.9. The van der Waals surface area contributed by atoms with E-state index in [4.69, 9.17) is 0 Å². The van der Waals surface area contributed by atoms with E-state index in [2.05, 4.69) is 20.4 Å². The third-order valence-electron chi connectivity index (χ3n) is 3.22. The van der Waals surface area contributed by atoms with Gasteiger partial charge in [-0.25, -0.2) is 8.42 Å². The topological polar surface area (TPSA) is 37.4 Å². The second-order valence-corrected chi connectivity index (χ2v) is 7.59. The van der Waals surface area contributed by atoms with Gasteiger partial charge >= 0.3 is 0 Å². The Labute approximate surface area is 109 Å². The van der Waals surface area contributed by atoms with Crippen LogP contribution >= 0.6 is 0 Å². The second-order valence-electron chi connectivity index (χ2n) is 5.73. The lowest BCUT2D eigenvalue weighted by Gasteiger charge is -2.21. The molecule has 0 spiro atoms. The number of aryl methyl sites for hydroxylation is 1. The molecule has 98 valence electrons. The van der Waals surface area contributed by atoms with E-state index in [0.29, 0.717) is 17.1 Å². The van der Waals surface area contributed by atoms with Gasteiger partial charge in [0.15, 0.2) is 0 Å². The molecule has 0 N–H and O–H groups in total. The molecule has 0 atom stereocenters. The van der Waals surface area contributed by atoms with E-state index in [1.54, 1.807) is 12.1 Å². The van der Waals surface area contributed by atoms with E-state index >= 15 is 0 Å². The number of hydrogen-bond acceptors (Lipinski definition) is 2. The molecule has 0 radical (unpaired) electrons. The maximum Gasteiger partial charge on any atom is 0.264 e. The summed E-state index contributed by atoms with van der Waals surface area (Å²) in [5.41, 5.74) is 1.70. The van der Waals surface area contributed by atoms with Gasteiger partial charge in [0.1, 0.15) is 0 Å². The molecule has 4 heteroatoms. The number of rotatable bonds is 2. The zero-order valence-electron chi connectivity index (χ0n) is 11.1. The molecular formula is C14H19NO2S. The third-order valence-corrected chi connectivity index (χ3v) is 5.05. The largest absolute Gasteiger partial charge is 0.270 e. The van der Waals surface area contributed by atoms with Gasteiger partial charge in [-0.1, -0.05) is 38.1 Å². The van der Waals surface area contributed by atoms with Gasteiger partial charge in [0.05, 0.1) is 4.90 Å². The van der Waals surface area contributed by atoms with Gasteiger partial charge in [-0.2, -0.15) is 0 Å². The molecule has 2 rings (SSSR count). The standard InChI is InChI=1S/C14H19NO2S/c1-11-5-7-13(8-6-11)18(16,17)15-10-14(3,4)9-12(15)2/h5-8H,2,9-10H2,1,3-4H3. The van der Waals surface area contributed by atoms with E-state index in [9.17, 15) is 8.42 Å². The fourth-order valence-corrected chi connectivity index (χ4v) is 3.95. The maximum absolute atomic E-state index is 12.5. The van der Waals surface area contributed by atoms with Crippen molar-refractivity contribution in [3.8, 4) is 0 Å². The van der Waals surface area contributed by atoms with E-state index in [1.807, 2.05) is 19.1 Å². The van der Waals surface area contributed by atoms with Crippen LogP contribution in [0.15, 0.2) is 41.4 Å². The number of nitrogens with zero attached hydrogens (tertiary/aromatic N) is 1. The van der Waals surface area contributed by atoms with Crippen molar-refractivity contribution in [1.29, 1.82) is 0 Å². The minimum Gasteiger partial charge on any atom is -0.270 e. The molecule has 0 amide bonds. The van der Waals surface area contributed by atoms with Crippen molar-refractivity contribution in [2.24, 2.45) is 5.41 Å². The summed E-state index contributed by atoms with van der Waals surface area (Å²) < 4.78 is 26.5. The minimum atomic E-state index is -3.44. The van der Waals surface area contributed by atoms with Crippen molar-refractivity contribution in [2.45, 2.75) is 32.1 Å². The summed E-state index contributed by atoms with van der Waals surface area (Å²) in [7, 11) is -3.44. The van der Waals surface area contributed by atoms with Gasteiger partial charge in [0.25, 0.3) is 10.0 Å². The molecule has 1 aromatic rings. The van der Waals surface area contributed by atoms with Crippen molar-refractivity contribution in [3.05, 3.63) is 42.1 Å². The summed E-state index contributed by atoms with van der Waals surface area (Å²) in [6.45, 7) is 10.4. The van der Waals surface area contributed by atoms with Crippen LogP contribution in [0.25, 0.3) is 0 Å². The van der Waals surface area contributed by atoms with Gasteiger partial charge in [-0.05, 0) is 30.9 Å².